The molecular formula is C17H16N4O3S. The Morgan fingerprint density at radius 2 is 1.72 bits per heavy atom. The first-order chi connectivity index (χ1) is 12.2. The van der Waals surface area contributed by atoms with E-state index >= 15 is 0 Å². The molecule has 0 aliphatic rings. The van der Waals surface area contributed by atoms with Crippen molar-refractivity contribution < 1.29 is 14.3 Å². The van der Waals surface area contributed by atoms with Crippen molar-refractivity contribution in [3.05, 3.63) is 48.5 Å². The first-order valence-corrected chi connectivity index (χ1v) is 8.19. The standard InChI is InChI=1S/C17H16N4O3S/c1-23-13-8-6-11(7-9-13)15-20-21-17(25-15)19-16(22)18-12-4-3-5-14(10-12)24-2/h3-10H,1-2H3,(H2,18,19,21,22). The molecular weight excluding hydrogens is 340 g/mol. The maximum atomic E-state index is 12.1. The molecule has 0 atom stereocenters. The van der Waals surface area contributed by atoms with Crippen LogP contribution in [0.1, 0.15) is 0 Å². The zero-order valence-corrected chi connectivity index (χ0v) is 14.5. The molecule has 0 fully saturated rings. The summed E-state index contributed by atoms with van der Waals surface area (Å²) in [4.78, 5) is 12.1. The van der Waals surface area contributed by atoms with Crippen LogP contribution in [0.15, 0.2) is 48.5 Å². The second-order valence-corrected chi connectivity index (χ2v) is 5.93. The summed E-state index contributed by atoms with van der Waals surface area (Å²) in [7, 11) is 3.18. The summed E-state index contributed by atoms with van der Waals surface area (Å²) in [6.45, 7) is 0. The number of hydrogen-bond acceptors (Lipinski definition) is 6. The fourth-order valence-electron chi connectivity index (χ4n) is 2.08. The van der Waals surface area contributed by atoms with Gasteiger partial charge in [0, 0.05) is 17.3 Å². The highest BCUT2D eigenvalue weighted by Gasteiger charge is 2.10. The minimum absolute atomic E-state index is 0.398. The molecule has 7 nitrogen and oxygen atoms in total. The predicted octanol–water partition coefficient (Wildman–Crippen LogP) is 3.87. The third-order valence-electron chi connectivity index (χ3n) is 3.31. The maximum Gasteiger partial charge on any atom is 0.325 e. The lowest BCUT2D eigenvalue weighted by Crippen LogP contribution is -2.19. The Labute approximate surface area is 148 Å². The molecule has 3 aromatic rings. The van der Waals surface area contributed by atoms with E-state index in [1.54, 1.807) is 38.5 Å². The van der Waals surface area contributed by atoms with Crippen LogP contribution in [0.5, 0.6) is 11.5 Å². The molecule has 0 unspecified atom stereocenters. The highest BCUT2D eigenvalue weighted by atomic mass is 32.1. The first-order valence-electron chi connectivity index (χ1n) is 7.38. The van der Waals surface area contributed by atoms with E-state index in [2.05, 4.69) is 20.8 Å². The van der Waals surface area contributed by atoms with Gasteiger partial charge in [0.2, 0.25) is 5.13 Å². The summed E-state index contributed by atoms with van der Waals surface area (Å²) in [5.41, 5.74) is 1.52. The molecule has 0 radical (unpaired) electrons. The molecule has 2 N–H and O–H groups in total. The van der Waals surface area contributed by atoms with E-state index < -0.39 is 6.03 Å². The van der Waals surface area contributed by atoms with Gasteiger partial charge in [-0.3, -0.25) is 5.32 Å². The minimum atomic E-state index is -0.398. The van der Waals surface area contributed by atoms with E-state index in [1.165, 1.54) is 11.3 Å². The van der Waals surface area contributed by atoms with Gasteiger partial charge in [-0.15, -0.1) is 10.2 Å². The normalized spacial score (nSPS) is 10.2. The Kier molecular flexibility index (Phi) is 5.10. The molecule has 2 aromatic carbocycles. The zero-order chi connectivity index (χ0) is 17.6. The lowest BCUT2D eigenvalue weighted by Gasteiger charge is -2.06. The van der Waals surface area contributed by atoms with Crippen LogP contribution in [0.3, 0.4) is 0 Å². The SMILES string of the molecule is COc1ccc(-c2nnc(NC(=O)Nc3cccc(OC)c3)s2)cc1. The number of carbonyl (C=O) groups is 1. The van der Waals surface area contributed by atoms with Crippen LogP contribution >= 0.6 is 11.3 Å². The van der Waals surface area contributed by atoms with Crippen molar-refractivity contribution in [1.82, 2.24) is 10.2 Å². The number of ether oxygens (including phenoxy) is 2. The van der Waals surface area contributed by atoms with Crippen molar-refractivity contribution >= 4 is 28.2 Å². The van der Waals surface area contributed by atoms with E-state index in [-0.39, 0.29) is 0 Å². The average molecular weight is 356 g/mol. The molecule has 8 heteroatoms. The van der Waals surface area contributed by atoms with Crippen LogP contribution in [-0.4, -0.2) is 30.4 Å². The Morgan fingerprint density at radius 1 is 0.960 bits per heavy atom. The zero-order valence-electron chi connectivity index (χ0n) is 13.6. The number of anilines is 2. The fraction of sp³-hybridized carbons (Fsp3) is 0.118. The number of amides is 2. The van der Waals surface area contributed by atoms with Crippen molar-refractivity contribution in [2.45, 2.75) is 0 Å². The molecule has 3 rings (SSSR count). The highest BCUT2D eigenvalue weighted by Crippen LogP contribution is 2.27. The maximum absolute atomic E-state index is 12.1. The van der Waals surface area contributed by atoms with Crippen LogP contribution in [-0.2, 0) is 0 Å². The Morgan fingerprint density at radius 3 is 2.44 bits per heavy atom. The van der Waals surface area contributed by atoms with Gasteiger partial charge >= 0.3 is 6.03 Å². The van der Waals surface area contributed by atoms with Gasteiger partial charge in [-0.1, -0.05) is 17.4 Å². The molecule has 0 aliphatic carbocycles. The lowest BCUT2D eigenvalue weighted by molar-refractivity contribution is 0.262. The van der Waals surface area contributed by atoms with Crippen molar-refractivity contribution in [2.75, 3.05) is 24.9 Å². The topological polar surface area (TPSA) is 85.4 Å². The van der Waals surface area contributed by atoms with Gasteiger partial charge in [-0.25, -0.2) is 4.79 Å². The molecule has 0 saturated carbocycles. The molecule has 2 amide bonds. The largest absolute Gasteiger partial charge is 0.497 e. The number of urea groups is 1. The number of benzene rings is 2. The van der Waals surface area contributed by atoms with Crippen molar-refractivity contribution in [3.63, 3.8) is 0 Å². The number of nitrogens with zero attached hydrogens (tertiary/aromatic N) is 2. The van der Waals surface area contributed by atoms with E-state index in [9.17, 15) is 4.79 Å². The molecule has 0 aliphatic heterocycles. The quantitative estimate of drug-likeness (QED) is 0.725. The average Bonchev–Trinajstić information content (AvgIpc) is 3.10. The smallest absolute Gasteiger partial charge is 0.325 e. The molecule has 0 bridgehead atoms. The van der Waals surface area contributed by atoms with Gasteiger partial charge in [0.25, 0.3) is 0 Å². The van der Waals surface area contributed by atoms with Gasteiger partial charge < -0.3 is 14.8 Å². The number of hydrogen-bond donors (Lipinski definition) is 2. The van der Waals surface area contributed by atoms with Crippen LogP contribution < -0.4 is 20.1 Å². The minimum Gasteiger partial charge on any atom is -0.497 e. The molecule has 0 saturated heterocycles. The Balaban J connectivity index is 1.64. The van der Waals surface area contributed by atoms with Gasteiger partial charge in [0.1, 0.15) is 16.5 Å². The van der Waals surface area contributed by atoms with E-state index in [0.717, 1.165) is 11.3 Å². The van der Waals surface area contributed by atoms with Gasteiger partial charge in [0.15, 0.2) is 0 Å². The van der Waals surface area contributed by atoms with E-state index in [1.807, 2.05) is 24.3 Å². The Bertz CT molecular complexity index is 864. The lowest BCUT2D eigenvalue weighted by atomic mass is 10.2. The van der Waals surface area contributed by atoms with Gasteiger partial charge in [-0.2, -0.15) is 0 Å². The fourth-order valence-corrected chi connectivity index (χ4v) is 2.83. The van der Waals surface area contributed by atoms with E-state index in [0.29, 0.717) is 21.6 Å². The molecule has 1 heterocycles. The van der Waals surface area contributed by atoms with Crippen LogP contribution in [0.25, 0.3) is 10.6 Å². The number of nitrogens with one attached hydrogen (secondary N) is 2. The monoisotopic (exact) mass is 356 g/mol. The summed E-state index contributed by atoms with van der Waals surface area (Å²) in [6, 6.07) is 14.2. The van der Waals surface area contributed by atoms with Crippen LogP contribution in [0, 0.1) is 0 Å². The van der Waals surface area contributed by atoms with Crippen molar-refractivity contribution in [2.24, 2.45) is 0 Å². The number of aromatic nitrogens is 2. The number of carbonyl (C=O) groups excluding carboxylic acids is 1. The molecule has 128 valence electrons. The van der Waals surface area contributed by atoms with Crippen LogP contribution in [0.2, 0.25) is 0 Å². The van der Waals surface area contributed by atoms with E-state index in [4.69, 9.17) is 9.47 Å². The molecule has 0 spiro atoms. The predicted molar refractivity (Wildman–Crippen MR) is 97.5 cm³/mol. The molecule has 1 aromatic heterocycles. The molecule has 25 heavy (non-hydrogen) atoms. The van der Waals surface area contributed by atoms with Gasteiger partial charge in [-0.05, 0) is 36.4 Å². The van der Waals surface area contributed by atoms with Gasteiger partial charge in [0.05, 0.1) is 14.2 Å². The second kappa shape index (κ2) is 7.63. The summed E-state index contributed by atoms with van der Waals surface area (Å²) >= 11 is 1.29. The summed E-state index contributed by atoms with van der Waals surface area (Å²) < 4.78 is 10.3. The number of rotatable bonds is 5. The third kappa shape index (κ3) is 4.24. The summed E-state index contributed by atoms with van der Waals surface area (Å²) in [6.07, 6.45) is 0. The van der Waals surface area contributed by atoms with Crippen LogP contribution in [0.4, 0.5) is 15.6 Å². The van der Waals surface area contributed by atoms with Crippen molar-refractivity contribution in [1.29, 1.82) is 0 Å². The first kappa shape index (κ1) is 16.7. The second-order valence-electron chi connectivity index (χ2n) is 4.95. The Hall–Kier alpha value is -3.13. The number of methoxy groups -OCH3 is 2. The third-order valence-corrected chi connectivity index (χ3v) is 4.20. The highest BCUT2D eigenvalue weighted by molar-refractivity contribution is 7.18. The summed E-state index contributed by atoms with van der Waals surface area (Å²) in [5, 5.41) is 14.6. The van der Waals surface area contributed by atoms with Crippen molar-refractivity contribution in [3.8, 4) is 22.1 Å². The summed E-state index contributed by atoms with van der Waals surface area (Å²) in [5.74, 6) is 1.43.